The van der Waals surface area contributed by atoms with Gasteiger partial charge in [0.15, 0.2) is 0 Å². The first kappa shape index (κ1) is 10.9. The number of anilines is 1. The van der Waals surface area contributed by atoms with Gasteiger partial charge in [-0.15, -0.1) is 0 Å². The molecule has 0 spiro atoms. The van der Waals surface area contributed by atoms with E-state index in [1.54, 1.807) is 0 Å². The molecule has 13 heavy (non-hydrogen) atoms. The molecule has 1 aromatic rings. The fourth-order valence-electron chi connectivity index (χ4n) is 0.879. The predicted octanol–water partition coefficient (Wildman–Crippen LogP) is 3.93. The Kier molecular flexibility index (Phi) is 4.06. The van der Waals surface area contributed by atoms with E-state index in [-0.39, 0.29) is 0 Å². The summed E-state index contributed by atoms with van der Waals surface area (Å²) in [5.74, 6) is 0. The standard InChI is InChI=1S/C10H11ClIN/c1-7(2)6-13-10-5-8(11)3-4-9(10)12/h3-5,13H,1,6H2,2H3. The summed E-state index contributed by atoms with van der Waals surface area (Å²) in [4.78, 5) is 0. The van der Waals surface area contributed by atoms with Crippen molar-refractivity contribution < 1.29 is 0 Å². The molecule has 0 unspecified atom stereocenters. The van der Waals surface area contributed by atoms with Crippen LogP contribution in [0.1, 0.15) is 6.92 Å². The minimum absolute atomic E-state index is 0.754. The van der Waals surface area contributed by atoms with Gasteiger partial charge in [-0.3, -0.25) is 0 Å². The molecule has 1 aromatic carbocycles. The zero-order valence-corrected chi connectivity index (χ0v) is 10.3. The highest BCUT2D eigenvalue weighted by atomic mass is 127. The lowest BCUT2D eigenvalue weighted by Gasteiger charge is -2.08. The smallest absolute Gasteiger partial charge is 0.0493 e. The monoisotopic (exact) mass is 307 g/mol. The van der Waals surface area contributed by atoms with Gasteiger partial charge in [-0.05, 0) is 47.7 Å². The fourth-order valence-corrected chi connectivity index (χ4v) is 1.58. The highest BCUT2D eigenvalue weighted by Gasteiger charge is 1.99. The molecule has 0 radical (unpaired) electrons. The van der Waals surface area contributed by atoms with Crippen LogP contribution in [-0.2, 0) is 0 Å². The maximum Gasteiger partial charge on any atom is 0.0493 e. The van der Waals surface area contributed by atoms with Gasteiger partial charge in [-0.25, -0.2) is 0 Å². The number of hydrogen-bond donors (Lipinski definition) is 1. The Morgan fingerprint density at radius 3 is 2.92 bits per heavy atom. The van der Waals surface area contributed by atoms with Crippen molar-refractivity contribution in [2.75, 3.05) is 11.9 Å². The Morgan fingerprint density at radius 1 is 1.62 bits per heavy atom. The van der Waals surface area contributed by atoms with E-state index in [9.17, 15) is 0 Å². The molecule has 3 heteroatoms. The van der Waals surface area contributed by atoms with Crippen molar-refractivity contribution in [3.8, 4) is 0 Å². The molecule has 1 nitrogen and oxygen atoms in total. The SMILES string of the molecule is C=C(C)CNc1cc(Cl)ccc1I. The quantitative estimate of drug-likeness (QED) is 0.659. The van der Waals surface area contributed by atoms with E-state index in [0.717, 1.165) is 22.8 Å². The summed E-state index contributed by atoms with van der Waals surface area (Å²) in [5.41, 5.74) is 2.17. The van der Waals surface area contributed by atoms with Crippen LogP contribution in [0.4, 0.5) is 5.69 Å². The normalized spacial score (nSPS) is 9.77. The molecule has 0 atom stereocenters. The lowest BCUT2D eigenvalue weighted by Crippen LogP contribution is -2.03. The third kappa shape index (κ3) is 3.56. The maximum atomic E-state index is 5.87. The molecule has 0 saturated carbocycles. The van der Waals surface area contributed by atoms with Crippen molar-refractivity contribution in [1.82, 2.24) is 0 Å². The van der Waals surface area contributed by atoms with Crippen LogP contribution in [0.15, 0.2) is 30.4 Å². The third-order valence-corrected chi connectivity index (χ3v) is 2.68. The van der Waals surface area contributed by atoms with Crippen LogP contribution in [-0.4, -0.2) is 6.54 Å². The van der Waals surface area contributed by atoms with Gasteiger partial charge in [0.1, 0.15) is 0 Å². The summed E-state index contributed by atoms with van der Waals surface area (Å²) in [5, 5.41) is 4.02. The molecule has 0 aliphatic carbocycles. The van der Waals surface area contributed by atoms with Gasteiger partial charge < -0.3 is 5.32 Å². The van der Waals surface area contributed by atoms with Gasteiger partial charge in [-0.1, -0.05) is 23.8 Å². The van der Waals surface area contributed by atoms with Crippen LogP contribution >= 0.6 is 34.2 Å². The average Bonchev–Trinajstić information content (AvgIpc) is 2.06. The number of halogens is 2. The number of rotatable bonds is 3. The Bertz CT molecular complexity index is 323. The van der Waals surface area contributed by atoms with Crippen LogP contribution in [0.2, 0.25) is 5.02 Å². The van der Waals surface area contributed by atoms with Gasteiger partial charge in [-0.2, -0.15) is 0 Å². The average molecular weight is 308 g/mol. The summed E-state index contributed by atoms with van der Waals surface area (Å²) in [6, 6.07) is 5.80. The zero-order chi connectivity index (χ0) is 9.84. The van der Waals surface area contributed by atoms with Gasteiger partial charge in [0.2, 0.25) is 0 Å². The second-order valence-electron chi connectivity index (χ2n) is 2.93. The number of nitrogens with one attached hydrogen (secondary N) is 1. The first-order valence-corrected chi connectivity index (χ1v) is 5.38. The summed E-state index contributed by atoms with van der Waals surface area (Å²) < 4.78 is 1.17. The fraction of sp³-hybridized carbons (Fsp3) is 0.200. The minimum atomic E-state index is 0.754. The van der Waals surface area contributed by atoms with Crippen molar-refractivity contribution in [2.24, 2.45) is 0 Å². The lowest BCUT2D eigenvalue weighted by atomic mass is 10.3. The second-order valence-corrected chi connectivity index (χ2v) is 4.53. The second kappa shape index (κ2) is 4.86. The molecule has 0 fully saturated rings. The molecule has 0 aliphatic heterocycles. The van der Waals surface area contributed by atoms with Crippen molar-refractivity contribution in [3.05, 3.63) is 38.9 Å². The highest BCUT2D eigenvalue weighted by molar-refractivity contribution is 14.1. The third-order valence-electron chi connectivity index (χ3n) is 1.51. The van der Waals surface area contributed by atoms with E-state index in [1.807, 2.05) is 25.1 Å². The van der Waals surface area contributed by atoms with Crippen molar-refractivity contribution >= 4 is 39.9 Å². The van der Waals surface area contributed by atoms with E-state index in [0.29, 0.717) is 0 Å². The van der Waals surface area contributed by atoms with Gasteiger partial charge in [0.25, 0.3) is 0 Å². The van der Waals surface area contributed by atoms with Crippen LogP contribution < -0.4 is 5.32 Å². The van der Waals surface area contributed by atoms with Crippen molar-refractivity contribution in [1.29, 1.82) is 0 Å². The van der Waals surface area contributed by atoms with Gasteiger partial charge >= 0.3 is 0 Å². The van der Waals surface area contributed by atoms with Crippen LogP contribution in [0.5, 0.6) is 0 Å². The molecule has 0 saturated heterocycles. The van der Waals surface area contributed by atoms with E-state index in [2.05, 4.69) is 34.5 Å². The molecule has 1 N–H and O–H groups in total. The van der Waals surface area contributed by atoms with Crippen molar-refractivity contribution in [2.45, 2.75) is 6.92 Å². The first-order valence-electron chi connectivity index (χ1n) is 3.93. The Hall–Kier alpha value is -0.220. The molecule has 0 heterocycles. The minimum Gasteiger partial charge on any atom is -0.380 e. The highest BCUT2D eigenvalue weighted by Crippen LogP contribution is 2.22. The predicted molar refractivity (Wildman–Crippen MR) is 67.5 cm³/mol. The molecule has 70 valence electrons. The van der Waals surface area contributed by atoms with E-state index >= 15 is 0 Å². The lowest BCUT2D eigenvalue weighted by molar-refractivity contribution is 1.21. The molecule has 0 amide bonds. The topological polar surface area (TPSA) is 12.0 Å². The summed E-state index contributed by atoms with van der Waals surface area (Å²) in [7, 11) is 0. The molecule has 0 aromatic heterocycles. The summed E-state index contributed by atoms with van der Waals surface area (Å²) in [6.07, 6.45) is 0. The van der Waals surface area contributed by atoms with E-state index in [4.69, 9.17) is 11.6 Å². The Labute approximate surface area is 97.3 Å². The summed E-state index contributed by atoms with van der Waals surface area (Å²) >= 11 is 8.14. The molecular weight excluding hydrogens is 296 g/mol. The molecule has 0 bridgehead atoms. The van der Waals surface area contributed by atoms with E-state index < -0.39 is 0 Å². The van der Waals surface area contributed by atoms with Crippen LogP contribution in [0.25, 0.3) is 0 Å². The number of hydrogen-bond acceptors (Lipinski definition) is 1. The van der Waals surface area contributed by atoms with Gasteiger partial charge in [0.05, 0.1) is 0 Å². The maximum absolute atomic E-state index is 5.87. The largest absolute Gasteiger partial charge is 0.380 e. The molecule has 0 aliphatic rings. The number of benzene rings is 1. The molecular formula is C10H11ClIN. The van der Waals surface area contributed by atoms with Crippen molar-refractivity contribution in [3.63, 3.8) is 0 Å². The summed E-state index contributed by atoms with van der Waals surface area (Å²) in [6.45, 7) is 6.60. The zero-order valence-electron chi connectivity index (χ0n) is 7.40. The molecule has 1 rings (SSSR count). The Morgan fingerprint density at radius 2 is 2.31 bits per heavy atom. The first-order chi connectivity index (χ1) is 6.09. The van der Waals surface area contributed by atoms with Gasteiger partial charge in [0, 0.05) is 20.8 Å². The van der Waals surface area contributed by atoms with E-state index in [1.165, 1.54) is 3.57 Å². The van der Waals surface area contributed by atoms with Crippen LogP contribution in [0.3, 0.4) is 0 Å². The Balaban J connectivity index is 2.75. The van der Waals surface area contributed by atoms with Crippen LogP contribution in [0, 0.1) is 3.57 Å².